The molecule has 0 radical (unpaired) electrons. The van der Waals surface area contributed by atoms with Crippen LogP contribution in [0.25, 0.3) is 10.9 Å². The second-order valence-electron chi connectivity index (χ2n) is 12.0. The molecular weight excluding hydrogens is 595 g/mol. The SMILES string of the molecule is Cc1cc(C)c(NC(=O)Nc2ccc(OC(F)(F)F)cc2)c(CNCC2CCC(Nc3nc(N(C)C)c4ccccc4n3)CC2)c1. The van der Waals surface area contributed by atoms with E-state index in [-0.39, 0.29) is 5.75 Å². The highest BCUT2D eigenvalue weighted by atomic mass is 19.4. The monoisotopic (exact) mass is 635 g/mol. The Hall–Kier alpha value is -4.58. The third-order valence-corrected chi connectivity index (χ3v) is 8.08. The largest absolute Gasteiger partial charge is 0.573 e. The third kappa shape index (κ3) is 8.78. The molecule has 4 N–H and O–H groups in total. The van der Waals surface area contributed by atoms with Gasteiger partial charge in [-0.25, -0.2) is 9.78 Å². The van der Waals surface area contributed by atoms with Crippen LogP contribution < -0.4 is 30.9 Å². The number of carbonyl (C=O) groups excluding carboxylic acids is 1. The fraction of sp³-hybridized carbons (Fsp3) is 0.382. The minimum absolute atomic E-state index is 0.314. The van der Waals surface area contributed by atoms with E-state index in [1.54, 1.807) is 0 Å². The fourth-order valence-corrected chi connectivity index (χ4v) is 5.96. The van der Waals surface area contributed by atoms with Crippen LogP contribution in [0.15, 0.2) is 60.7 Å². The van der Waals surface area contributed by atoms with Crippen LogP contribution in [0, 0.1) is 19.8 Å². The molecule has 244 valence electrons. The number of benzene rings is 3. The maximum Gasteiger partial charge on any atom is 0.573 e. The molecule has 12 heteroatoms. The molecule has 0 bridgehead atoms. The van der Waals surface area contributed by atoms with Crippen LogP contribution in [0.4, 0.5) is 41.1 Å². The molecule has 1 saturated carbocycles. The molecule has 4 aromatic rings. The summed E-state index contributed by atoms with van der Waals surface area (Å²) in [6.07, 6.45) is -0.571. The zero-order valence-electron chi connectivity index (χ0n) is 26.5. The number of halogens is 3. The average molecular weight is 636 g/mol. The Morgan fingerprint density at radius 1 is 0.957 bits per heavy atom. The van der Waals surface area contributed by atoms with Crippen molar-refractivity contribution in [2.45, 2.75) is 58.5 Å². The number of nitrogens with zero attached hydrogens (tertiary/aromatic N) is 3. The van der Waals surface area contributed by atoms with Crippen molar-refractivity contribution in [3.05, 3.63) is 77.4 Å². The molecule has 0 spiro atoms. The zero-order valence-corrected chi connectivity index (χ0v) is 26.5. The van der Waals surface area contributed by atoms with E-state index >= 15 is 0 Å². The number of amides is 2. The summed E-state index contributed by atoms with van der Waals surface area (Å²) in [7, 11) is 3.98. The van der Waals surface area contributed by atoms with Gasteiger partial charge in [-0.3, -0.25) is 0 Å². The topological polar surface area (TPSA) is 103 Å². The van der Waals surface area contributed by atoms with Gasteiger partial charge in [0.05, 0.1) is 5.52 Å². The number of ether oxygens (including phenoxy) is 1. The van der Waals surface area contributed by atoms with Crippen LogP contribution in [-0.4, -0.2) is 49.0 Å². The molecule has 1 fully saturated rings. The maximum atomic E-state index is 12.8. The van der Waals surface area contributed by atoms with E-state index in [9.17, 15) is 18.0 Å². The van der Waals surface area contributed by atoms with Gasteiger partial charge in [0.2, 0.25) is 5.95 Å². The minimum atomic E-state index is -4.78. The van der Waals surface area contributed by atoms with Gasteiger partial charge in [0.1, 0.15) is 11.6 Å². The molecule has 3 aromatic carbocycles. The van der Waals surface area contributed by atoms with Gasteiger partial charge in [-0.05, 0) is 99.5 Å². The van der Waals surface area contributed by atoms with Gasteiger partial charge in [0, 0.05) is 43.4 Å². The summed E-state index contributed by atoms with van der Waals surface area (Å²) >= 11 is 0. The molecule has 46 heavy (non-hydrogen) atoms. The number of hydrogen-bond acceptors (Lipinski definition) is 7. The van der Waals surface area contributed by atoms with Crippen LogP contribution >= 0.6 is 0 Å². The predicted molar refractivity (Wildman–Crippen MR) is 177 cm³/mol. The van der Waals surface area contributed by atoms with Crippen LogP contribution in [0.3, 0.4) is 0 Å². The molecule has 1 aliphatic carbocycles. The number of alkyl halides is 3. The summed E-state index contributed by atoms with van der Waals surface area (Å²) < 4.78 is 41.2. The molecule has 2 amide bonds. The zero-order chi connectivity index (χ0) is 32.8. The number of hydrogen-bond donors (Lipinski definition) is 4. The molecule has 1 aliphatic rings. The van der Waals surface area contributed by atoms with Crippen LogP contribution in [-0.2, 0) is 6.54 Å². The van der Waals surface area contributed by atoms with Crippen LogP contribution in [0.1, 0.15) is 42.4 Å². The number of rotatable bonds is 10. The molecule has 0 aliphatic heterocycles. The van der Waals surface area contributed by atoms with Gasteiger partial charge in [-0.1, -0.05) is 29.8 Å². The van der Waals surface area contributed by atoms with Crippen molar-refractivity contribution >= 4 is 40.1 Å². The Labute approximate surface area is 267 Å². The number of anilines is 4. The second kappa shape index (κ2) is 14.2. The van der Waals surface area contributed by atoms with Crippen LogP contribution in [0.2, 0.25) is 0 Å². The van der Waals surface area contributed by atoms with Gasteiger partial charge in [0.15, 0.2) is 0 Å². The lowest BCUT2D eigenvalue weighted by molar-refractivity contribution is -0.274. The standard InChI is InChI=1S/C34H40F3N7O2/c1-21-17-22(2)30(42-33(45)40-26-13-15-27(16-14-26)46-34(35,36)37)24(18-21)20-38-19-23-9-11-25(12-10-23)39-32-41-29-8-6-5-7-28(29)31(43-32)44(3)4/h5-8,13-18,23,25,38H,9-12,19-20H2,1-4H3,(H,39,41,43)(H2,40,42,45). The minimum Gasteiger partial charge on any atom is -0.406 e. The average Bonchev–Trinajstić information content (AvgIpc) is 2.99. The van der Waals surface area contributed by atoms with Crippen molar-refractivity contribution in [3.8, 4) is 5.75 Å². The lowest BCUT2D eigenvalue weighted by Crippen LogP contribution is -2.32. The first-order valence-corrected chi connectivity index (χ1v) is 15.4. The van der Waals surface area contributed by atoms with Gasteiger partial charge < -0.3 is 30.9 Å². The van der Waals surface area contributed by atoms with E-state index in [1.165, 1.54) is 12.1 Å². The first-order valence-electron chi connectivity index (χ1n) is 15.4. The molecule has 0 atom stereocenters. The fourth-order valence-electron chi connectivity index (χ4n) is 5.96. The number of para-hydroxylation sites is 1. The summed E-state index contributed by atoms with van der Waals surface area (Å²) in [6.45, 7) is 5.39. The number of aromatic nitrogens is 2. The quantitative estimate of drug-likeness (QED) is 0.142. The Morgan fingerprint density at radius 3 is 2.37 bits per heavy atom. The lowest BCUT2D eigenvalue weighted by atomic mass is 9.86. The molecule has 9 nitrogen and oxygen atoms in total. The van der Waals surface area contributed by atoms with Crippen molar-refractivity contribution in [2.75, 3.05) is 41.5 Å². The summed E-state index contributed by atoms with van der Waals surface area (Å²) in [6, 6.07) is 16.9. The highest BCUT2D eigenvalue weighted by Crippen LogP contribution is 2.29. The molecule has 0 unspecified atom stereocenters. The summed E-state index contributed by atoms with van der Waals surface area (Å²) in [5, 5.41) is 13.8. The Bertz CT molecular complexity index is 1650. The van der Waals surface area contributed by atoms with E-state index in [4.69, 9.17) is 9.97 Å². The van der Waals surface area contributed by atoms with E-state index in [0.717, 1.165) is 77.8 Å². The number of carbonyl (C=O) groups is 1. The Kier molecular flexibility index (Phi) is 10.2. The summed E-state index contributed by atoms with van der Waals surface area (Å²) in [5.41, 5.74) is 4.93. The van der Waals surface area contributed by atoms with Crippen molar-refractivity contribution in [2.24, 2.45) is 5.92 Å². The van der Waals surface area contributed by atoms with Crippen molar-refractivity contribution < 1.29 is 22.7 Å². The predicted octanol–water partition coefficient (Wildman–Crippen LogP) is 7.62. The highest BCUT2D eigenvalue weighted by molar-refractivity contribution is 6.00. The van der Waals surface area contributed by atoms with Gasteiger partial charge >= 0.3 is 12.4 Å². The Balaban J connectivity index is 1.12. The normalized spacial score (nSPS) is 16.6. The van der Waals surface area contributed by atoms with Gasteiger partial charge in [-0.15, -0.1) is 13.2 Å². The first-order chi connectivity index (χ1) is 21.9. The van der Waals surface area contributed by atoms with E-state index in [2.05, 4.69) is 26.0 Å². The van der Waals surface area contributed by atoms with Gasteiger partial charge in [0.25, 0.3) is 0 Å². The first kappa shape index (κ1) is 32.8. The summed E-state index contributed by atoms with van der Waals surface area (Å²) in [5.74, 6) is 1.74. The van der Waals surface area contributed by atoms with Gasteiger partial charge in [-0.2, -0.15) is 4.98 Å². The highest BCUT2D eigenvalue weighted by Gasteiger charge is 2.31. The molecule has 5 rings (SSSR count). The third-order valence-electron chi connectivity index (χ3n) is 8.08. The van der Waals surface area contributed by atoms with Crippen molar-refractivity contribution in [1.29, 1.82) is 0 Å². The molecule has 1 heterocycles. The second-order valence-corrected chi connectivity index (χ2v) is 12.0. The van der Waals surface area contributed by atoms with E-state index < -0.39 is 12.4 Å². The number of fused-ring (bicyclic) bond motifs is 1. The number of aryl methyl sites for hydroxylation is 2. The number of urea groups is 1. The molecular formula is C34H40F3N7O2. The lowest BCUT2D eigenvalue weighted by Gasteiger charge is -2.29. The molecule has 0 saturated heterocycles. The molecule has 1 aromatic heterocycles. The number of nitrogens with one attached hydrogen (secondary N) is 4. The summed E-state index contributed by atoms with van der Waals surface area (Å²) in [4.78, 5) is 24.4. The van der Waals surface area contributed by atoms with Crippen molar-refractivity contribution in [1.82, 2.24) is 15.3 Å². The van der Waals surface area contributed by atoms with Crippen molar-refractivity contribution in [3.63, 3.8) is 0 Å². The van der Waals surface area contributed by atoms with E-state index in [0.29, 0.717) is 35.8 Å². The smallest absolute Gasteiger partial charge is 0.406 e. The van der Waals surface area contributed by atoms with Crippen LogP contribution in [0.5, 0.6) is 5.75 Å². The Morgan fingerprint density at radius 2 is 1.67 bits per heavy atom. The maximum absolute atomic E-state index is 12.8. The van der Waals surface area contributed by atoms with E-state index in [1.807, 2.05) is 69.2 Å².